The lowest BCUT2D eigenvalue weighted by atomic mass is 9.91. The Hall–Kier alpha value is -3.54. The Bertz CT molecular complexity index is 1200. The van der Waals surface area contributed by atoms with Gasteiger partial charge in [-0.1, -0.05) is 30.3 Å². The summed E-state index contributed by atoms with van der Waals surface area (Å²) in [5.41, 5.74) is 5.18. The summed E-state index contributed by atoms with van der Waals surface area (Å²) >= 11 is 0. The van der Waals surface area contributed by atoms with Crippen LogP contribution in [-0.2, 0) is 6.54 Å². The van der Waals surface area contributed by atoms with E-state index in [9.17, 15) is 0 Å². The summed E-state index contributed by atoms with van der Waals surface area (Å²) < 4.78 is 4.06. The number of benzene rings is 1. The molecule has 0 N–H and O–H groups in total. The summed E-state index contributed by atoms with van der Waals surface area (Å²) in [6.07, 6.45) is 9.99. The predicted molar refractivity (Wildman–Crippen MR) is 117 cm³/mol. The molecule has 0 saturated carbocycles. The van der Waals surface area contributed by atoms with E-state index in [-0.39, 0.29) is 0 Å². The van der Waals surface area contributed by atoms with E-state index >= 15 is 0 Å². The fourth-order valence-corrected chi connectivity index (χ4v) is 4.09. The molecule has 0 bridgehead atoms. The van der Waals surface area contributed by atoms with Crippen molar-refractivity contribution in [2.75, 3.05) is 0 Å². The summed E-state index contributed by atoms with van der Waals surface area (Å²) in [5, 5.41) is 4.71. The van der Waals surface area contributed by atoms with Crippen LogP contribution in [0.5, 0.6) is 0 Å². The molecule has 6 nitrogen and oxygen atoms in total. The first-order valence-electron chi connectivity index (χ1n) is 10.3. The molecule has 1 atom stereocenters. The predicted octanol–water partition coefficient (Wildman–Crippen LogP) is 4.57. The first-order valence-corrected chi connectivity index (χ1v) is 10.3. The fraction of sp³-hybridized carbons (Fsp3) is 0.250. The molecule has 150 valence electrons. The minimum absolute atomic E-state index is 0.313. The number of aryl methyl sites for hydroxylation is 3. The van der Waals surface area contributed by atoms with Crippen LogP contribution in [0, 0.1) is 13.8 Å². The topological polar surface area (TPSA) is 61.4 Å². The van der Waals surface area contributed by atoms with Crippen molar-refractivity contribution in [1.82, 2.24) is 29.3 Å². The van der Waals surface area contributed by atoms with Crippen molar-refractivity contribution in [1.29, 1.82) is 0 Å². The largest absolute Gasteiger partial charge is 0.304 e. The molecule has 1 aromatic carbocycles. The van der Waals surface area contributed by atoms with Crippen LogP contribution in [0.3, 0.4) is 0 Å². The Balaban J connectivity index is 1.39. The molecule has 0 fully saturated rings. The third-order valence-electron chi connectivity index (χ3n) is 5.57. The van der Waals surface area contributed by atoms with Crippen LogP contribution in [0.25, 0.3) is 17.8 Å². The first-order chi connectivity index (χ1) is 14.7. The summed E-state index contributed by atoms with van der Waals surface area (Å²) in [6.45, 7) is 4.92. The maximum atomic E-state index is 4.84. The second kappa shape index (κ2) is 7.71. The highest BCUT2D eigenvalue weighted by Crippen LogP contribution is 2.32. The smallest absolute Gasteiger partial charge is 0.174 e. The van der Waals surface area contributed by atoms with Gasteiger partial charge in [0, 0.05) is 18.7 Å². The van der Waals surface area contributed by atoms with Gasteiger partial charge in [-0.25, -0.2) is 14.6 Å². The Morgan fingerprint density at radius 3 is 2.63 bits per heavy atom. The summed E-state index contributed by atoms with van der Waals surface area (Å²) in [5.74, 6) is 2.11. The Morgan fingerprint density at radius 1 is 1.00 bits per heavy atom. The Kier molecular flexibility index (Phi) is 4.75. The first kappa shape index (κ1) is 18.5. The van der Waals surface area contributed by atoms with E-state index in [0.717, 1.165) is 53.8 Å². The van der Waals surface area contributed by atoms with Crippen LogP contribution >= 0.6 is 0 Å². The lowest BCUT2D eigenvalue weighted by molar-refractivity contribution is 0.445. The second-order valence-electron chi connectivity index (χ2n) is 7.75. The maximum absolute atomic E-state index is 4.84. The molecule has 0 aliphatic carbocycles. The van der Waals surface area contributed by atoms with Gasteiger partial charge in [-0.3, -0.25) is 4.98 Å². The number of nitrogens with zero attached hydrogens (tertiary/aromatic N) is 6. The molecule has 0 radical (unpaired) electrons. The van der Waals surface area contributed by atoms with E-state index in [0.29, 0.717) is 5.92 Å². The van der Waals surface area contributed by atoms with Crippen LogP contribution in [0.2, 0.25) is 0 Å². The van der Waals surface area contributed by atoms with Crippen molar-refractivity contribution >= 4 is 12.2 Å². The monoisotopic (exact) mass is 396 g/mol. The molecule has 0 spiro atoms. The minimum Gasteiger partial charge on any atom is -0.304 e. The second-order valence-corrected chi connectivity index (χ2v) is 7.75. The van der Waals surface area contributed by atoms with E-state index in [4.69, 9.17) is 15.1 Å². The molecular weight excluding hydrogens is 372 g/mol. The number of fused-ring (bicyclic) bond motifs is 1. The highest BCUT2D eigenvalue weighted by atomic mass is 15.4. The summed E-state index contributed by atoms with van der Waals surface area (Å²) in [4.78, 5) is 13.9. The molecule has 30 heavy (non-hydrogen) atoms. The minimum atomic E-state index is 0.313. The van der Waals surface area contributed by atoms with E-state index in [1.807, 2.05) is 49.2 Å². The zero-order chi connectivity index (χ0) is 20.5. The van der Waals surface area contributed by atoms with Gasteiger partial charge in [0.15, 0.2) is 5.82 Å². The highest BCUT2D eigenvalue weighted by molar-refractivity contribution is 5.65. The number of hydrogen-bond acceptors (Lipinski definition) is 4. The zero-order valence-electron chi connectivity index (χ0n) is 17.2. The third kappa shape index (κ3) is 3.56. The van der Waals surface area contributed by atoms with Crippen LogP contribution in [0.4, 0.5) is 0 Å². The van der Waals surface area contributed by atoms with Crippen LogP contribution < -0.4 is 0 Å². The van der Waals surface area contributed by atoms with Crippen LogP contribution in [-0.4, -0.2) is 29.3 Å². The molecule has 6 heteroatoms. The van der Waals surface area contributed by atoms with Gasteiger partial charge >= 0.3 is 0 Å². The van der Waals surface area contributed by atoms with Gasteiger partial charge < -0.3 is 4.57 Å². The number of rotatable bonds is 4. The van der Waals surface area contributed by atoms with Gasteiger partial charge in [-0.2, -0.15) is 5.10 Å². The highest BCUT2D eigenvalue weighted by Gasteiger charge is 2.25. The molecule has 4 heterocycles. The summed E-state index contributed by atoms with van der Waals surface area (Å²) in [7, 11) is 0. The lowest BCUT2D eigenvalue weighted by Gasteiger charge is -2.22. The average Bonchev–Trinajstić information content (AvgIpc) is 3.38. The zero-order valence-corrected chi connectivity index (χ0v) is 17.2. The van der Waals surface area contributed by atoms with E-state index in [1.165, 1.54) is 5.56 Å². The van der Waals surface area contributed by atoms with Gasteiger partial charge in [0.2, 0.25) is 0 Å². The average molecular weight is 396 g/mol. The molecule has 1 aliphatic heterocycles. The van der Waals surface area contributed by atoms with E-state index in [2.05, 4.69) is 46.1 Å². The Labute approximate surface area is 176 Å². The molecule has 0 amide bonds. The molecule has 4 aromatic rings. The van der Waals surface area contributed by atoms with Gasteiger partial charge in [0.1, 0.15) is 5.82 Å². The Morgan fingerprint density at radius 2 is 1.87 bits per heavy atom. The number of aromatic nitrogens is 6. The SMILES string of the molecule is Cc1cn(-c2ccc(/C=C/c3nc4n(n3)CCC[C@H]4c3ccccc3)nc2C)cn1. The third-order valence-corrected chi connectivity index (χ3v) is 5.57. The van der Waals surface area contributed by atoms with Crippen molar-refractivity contribution < 1.29 is 0 Å². The van der Waals surface area contributed by atoms with Crippen molar-refractivity contribution in [3.8, 4) is 5.69 Å². The molecule has 0 unspecified atom stereocenters. The maximum Gasteiger partial charge on any atom is 0.174 e. The standard InChI is InChI=1S/C24H24N6/c1-17-15-29(16-25-17)22-12-10-20(26-18(22)2)11-13-23-27-24-21(9-6-14-30(24)28-23)19-7-4-3-5-8-19/h3-5,7-8,10-13,15-16,21H,6,9,14H2,1-2H3/b13-11+/t21-/m0/s1. The van der Waals surface area contributed by atoms with Crippen LogP contribution in [0.15, 0.2) is 55.0 Å². The number of pyridine rings is 1. The normalized spacial score (nSPS) is 16.1. The van der Waals surface area contributed by atoms with Crippen LogP contribution in [0.1, 0.15) is 53.1 Å². The van der Waals surface area contributed by atoms with Gasteiger partial charge in [0.05, 0.1) is 29.1 Å². The summed E-state index contributed by atoms with van der Waals surface area (Å²) in [6, 6.07) is 14.7. The van der Waals surface area contributed by atoms with Gasteiger partial charge in [0.25, 0.3) is 0 Å². The van der Waals surface area contributed by atoms with Crippen molar-refractivity contribution in [3.63, 3.8) is 0 Å². The molecule has 3 aromatic heterocycles. The molecular formula is C24H24N6. The van der Waals surface area contributed by atoms with Crippen molar-refractivity contribution in [2.24, 2.45) is 0 Å². The fourth-order valence-electron chi connectivity index (χ4n) is 4.09. The molecule has 0 saturated heterocycles. The number of hydrogen-bond donors (Lipinski definition) is 0. The number of imidazole rings is 1. The van der Waals surface area contributed by atoms with Gasteiger partial charge in [-0.05, 0) is 56.5 Å². The van der Waals surface area contributed by atoms with E-state index in [1.54, 1.807) is 0 Å². The molecule has 5 rings (SSSR count). The van der Waals surface area contributed by atoms with Crippen molar-refractivity contribution in [2.45, 2.75) is 39.2 Å². The van der Waals surface area contributed by atoms with Crippen molar-refractivity contribution in [3.05, 3.63) is 89.3 Å². The lowest BCUT2D eigenvalue weighted by Crippen LogP contribution is -2.17. The quantitative estimate of drug-likeness (QED) is 0.507. The van der Waals surface area contributed by atoms with Gasteiger partial charge in [-0.15, -0.1) is 0 Å². The molecule has 1 aliphatic rings. The van der Waals surface area contributed by atoms with E-state index < -0.39 is 0 Å².